The van der Waals surface area contributed by atoms with Gasteiger partial charge in [-0.15, -0.1) is 0 Å². The number of anilines is 4. The maximum absolute atomic E-state index is 13.7. The van der Waals surface area contributed by atoms with E-state index in [1.807, 2.05) is 13.8 Å². The van der Waals surface area contributed by atoms with E-state index in [4.69, 9.17) is 27.9 Å². The molecular formula is C62H52Cl2FN5O12S3. The van der Waals surface area contributed by atoms with Gasteiger partial charge in [0.1, 0.15) is 11.6 Å². The Morgan fingerprint density at radius 1 is 0.482 bits per heavy atom. The first-order chi connectivity index (χ1) is 40.5. The predicted molar refractivity (Wildman–Crippen MR) is 327 cm³/mol. The number of methoxy groups -OCH3 is 1. The van der Waals surface area contributed by atoms with Gasteiger partial charge in [-0.3, -0.25) is 38.7 Å². The summed E-state index contributed by atoms with van der Waals surface area (Å²) in [4.78, 5) is 50.6. The number of benzene rings is 9. The monoisotopic (exact) mass is 1240 g/mol. The van der Waals surface area contributed by atoms with Crippen molar-refractivity contribution >= 4 is 99.1 Å². The summed E-state index contributed by atoms with van der Waals surface area (Å²) in [6.07, 6.45) is 0. The van der Waals surface area contributed by atoms with Crippen LogP contribution in [0.25, 0.3) is 0 Å². The van der Waals surface area contributed by atoms with Crippen LogP contribution >= 0.6 is 23.2 Å². The second-order valence-electron chi connectivity index (χ2n) is 18.1. The van der Waals surface area contributed by atoms with Crippen LogP contribution in [0.4, 0.5) is 32.8 Å². The Morgan fingerprint density at radius 2 is 0.812 bits per heavy atom. The minimum atomic E-state index is -4.07. The lowest BCUT2D eigenvalue weighted by Crippen LogP contribution is -2.22. The minimum Gasteiger partial charge on any atom is -0.497 e. The van der Waals surface area contributed by atoms with Crippen LogP contribution in [-0.2, 0) is 30.1 Å². The normalized spacial score (nSPS) is 11.1. The van der Waals surface area contributed by atoms with Gasteiger partial charge in [-0.2, -0.15) is 0 Å². The Balaban J connectivity index is 0.000000183. The highest BCUT2D eigenvalue weighted by molar-refractivity contribution is 7.93. The topological polar surface area (TPSA) is 245 Å². The number of hydrogen-bond acceptors (Lipinski definition) is 13. The maximum Gasteiger partial charge on any atom is 0.269 e. The van der Waals surface area contributed by atoms with Gasteiger partial charge in [0, 0.05) is 74.3 Å². The number of nitrogens with zero attached hydrogens (tertiary/aromatic N) is 2. The number of nitro benzene ring substituents is 1. The van der Waals surface area contributed by atoms with Crippen molar-refractivity contribution in [1.29, 1.82) is 0 Å². The number of carbonyl (C=O) groups excluding carboxylic acids is 3. The Bertz CT molecular complexity index is 4210. The van der Waals surface area contributed by atoms with Crippen molar-refractivity contribution in [2.24, 2.45) is 0 Å². The van der Waals surface area contributed by atoms with Gasteiger partial charge in [0.25, 0.3) is 35.8 Å². The fourth-order valence-corrected chi connectivity index (χ4v) is 11.7. The number of nitrogens with one attached hydrogen (secondary N) is 3. The average molecular weight is 1250 g/mol. The molecule has 3 N–H and O–H groups in total. The molecule has 0 bridgehead atoms. The van der Waals surface area contributed by atoms with E-state index < -0.39 is 52.4 Å². The number of nitro groups is 1. The van der Waals surface area contributed by atoms with Gasteiger partial charge < -0.3 is 9.64 Å². The zero-order valence-corrected chi connectivity index (χ0v) is 49.3. The number of ether oxygens (including phenoxy) is 1. The highest BCUT2D eigenvalue weighted by atomic mass is 35.5. The molecule has 0 aliphatic heterocycles. The first-order valence-corrected chi connectivity index (χ1v) is 30.7. The van der Waals surface area contributed by atoms with Crippen LogP contribution in [0.1, 0.15) is 61.6 Å². The van der Waals surface area contributed by atoms with E-state index in [0.29, 0.717) is 27.5 Å². The summed E-state index contributed by atoms with van der Waals surface area (Å²) < 4.78 is 102. The first-order valence-electron chi connectivity index (χ1n) is 25.5. The first kappa shape index (κ1) is 63.3. The second-order valence-corrected chi connectivity index (χ2v) is 24.0. The second kappa shape index (κ2) is 28.4. The summed E-state index contributed by atoms with van der Waals surface area (Å²) in [5.41, 5.74) is 2.31. The van der Waals surface area contributed by atoms with E-state index >= 15 is 0 Å². The van der Waals surface area contributed by atoms with Crippen LogP contribution in [-0.4, -0.2) is 67.7 Å². The molecule has 23 heteroatoms. The SMILES string of the molecule is CCN(CC)c1ccc(S(=O)(=O)Nc2ccc(Cl)cc2C(=O)c2ccccc2)cc1.COc1ccc(S(=O)(=O)Nc2ccc(F)cc2C(=O)c2ccccc2)cc1.O=C(c1ccccc1)c1cc(Cl)ccc1NS(=O)(=O)c1ccc([N+](=O)[O-])cc1. The lowest BCUT2D eigenvalue weighted by atomic mass is 10.0. The summed E-state index contributed by atoms with van der Waals surface area (Å²) >= 11 is 12.1. The summed E-state index contributed by atoms with van der Waals surface area (Å²) in [6, 6.07) is 54.2. The number of hydrogen-bond donors (Lipinski definition) is 3. The zero-order chi connectivity index (χ0) is 61.5. The number of ketones is 3. The molecule has 9 aromatic rings. The zero-order valence-electron chi connectivity index (χ0n) is 45.4. The van der Waals surface area contributed by atoms with Crippen molar-refractivity contribution < 1.29 is 53.7 Å². The van der Waals surface area contributed by atoms with E-state index in [-0.39, 0.29) is 64.9 Å². The molecule has 85 heavy (non-hydrogen) atoms. The molecule has 0 aromatic heterocycles. The average Bonchev–Trinajstić information content (AvgIpc) is 3.47. The molecule has 0 spiro atoms. The molecule has 0 atom stereocenters. The maximum atomic E-state index is 13.7. The molecular weight excluding hydrogens is 1190 g/mol. The van der Waals surface area contributed by atoms with Crippen molar-refractivity contribution in [2.45, 2.75) is 28.5 Å². The fourth-order valence-electron chi connectivity index (χ4n) is 8.15. The van der Waals surface area contributed by atoms with Crippen molar-refractivity contribution in [3.63, 3.8) is 0 Å². The standard InChI is InChI=1S/C23H23ClN2O3S.C20H16FNO4S.C19H13ClN2O5S/c1-3-26(4-2)19-11-13-20(14-12-19)30(28,29)25-22-15-10-18(24)16-21(22)23(27)17-8-6-5-7-9-17;1-26-16-8-10-17(11-9-16)27(24,25)22-19-12-7-15(21)13-18(19)20(23)14-5-3-2-4-6-14;20-14-6-11-18(17(12-14)19(23)13-4-2-1-3-5-13)21-28(26,27)16-9-7-15(8-10-16)22(24)25/h5-16,25H,3-4H2,1-2H3;2-13,22H,1H3;1-12,21H. The lowest BCUT2D eigenvalue weighted by molar-refractivity contribution is -0.384. The highest BCUT2D eigenvalue weighted by Gasteiger charge is 2.24. The van der Waals surface area contributed by atoms with Gasteiger partial charge in [0.2, 0.25) is 0 Å². The molecule has 0 saturated carbocycles. The molecule has 0 aliphatic carbocycles. The Hall–Kier alpha value is -9.25. The summed E-state index contributed by atoms with van der Waals surface area (Å²) in [5.74, 6) is -1.32. The Kier molecular flexibility index (Phi) is 21.1. The summed E-state index contributed by atoms with van der Waals surface area (Å²) in [5, 5.41) is 11.4. The van der Waals surface area contributed by atoms with Gasteiger partial charge in [-0.1, -0.05) is 114 Å². The molecule has 0 unspecified atom stereocenters. The molecule has 0 heterocycles. The molecule has 0 radical (unpaired) electrons. The lowest BCUT2D eigenvalue weighted by Gasteiger charge is -2.21. The highest BCUT2D eigenvalue weighted by Crippen LogP contribution is 2.30. The van der Waals surface area contributed by atoms with E-state index in [0.717, 1.165) is 55.2 Å². The molecule has 17 nitrogen and oxygen atoms in total. The van der Waals surface area contributed by atoms with Crippen molar-refractivity contribution in [3.8, 4) is 5.75 Å². The smallest absolute Gasteiger partial charge is 0.269 e. The Labute approximate surface area is 501 Å². The Morgan fingerprint density at radius 3 is 1.15 bits per heavy atom. The molecule has 9 aromatic carbocycles. The predicted octanol–water partition coefficient (Wildman–Crippen LogP) is 13.4. The third-order valence-electron chi connectivity index (χ3n) is 12.5. The number of non-ortho nitro benzene ring substituents is 1. The van der Waals surface area contributed by atoms with E-state index in [9.17, 15) is 54.1 Å². The van der Waals surface area contributed by atoms with Gasteiger partial charge in [0.15, 0.2) is 17.3 Å². The third-order valence-corrected chi connectivity index (χ3v) is 17.1. The van der Waals surface area contributed by atoms with Crippen LogP contribution in [0.5, 0.6) is 5.75 Å². The quantitative estimate of drug-likeness (QED) is 0.0365. The van der Waals surface area contributed by atoms with Crippen LogP contribution < -0.4 is 23.8 Å². The van der Waals surface area contributed by atoms with Crippen molar-refractivity contribution in [3.05, 3.63) is 278 Å². The fraction of sp³-hybridized carbons (Fsp3) is 0.0806. The van der Waals surface area contributed by atoms with Crippen molar-refractivity contribution in [1.82, 2.24) is 0 Å². The number of sulfonamides is 3. The third kappa shape index (κ3) is 16.5. The molecule has 9 rings (SSSR count). The van der Waals surface area contributed by atoms with E-state index in [1.54, 1.807) is 121 Å². The summed E-state index contributed by atoms with van der Waals surface area (Å²) in [7, 11) is -10.5. The number of halogens is 3. The van der Waals surface area contributed by atoms with Gasteiger partial charge in [-0.05, 0) is 129 Å². The summed E-state index contributed by atoms with van der Waals surface area (Å²) in [6.45, 7) is 5.75. The van der Waals surface area contributed by atoms with Gasteiger partial charge in [0.05, 0.1) is 43.8 Å². The van der Waals surface area contributed by atoms with Gasteiger partial charge in [-0.25, -0.2) is 29.6 Å². The van der Waals surface area contributed by atoms with Crippen molar-refractivity contribution in [2.75, 3.05) is 39.3 Å². The largest absolute Gasteiger partial charge is 0.497 e. The van der Waals surface area contributed by atoms with Gasteiger partial charge >= 0.3 is 0 Å². The number of carbonyl (C=O) groups is 3. The molecule has 0 aliphatic rings. The van der Waals surface area contributed by atoms with Crippen LogP contribution in [0.3, 0.4) is 0 Å². The molecule has 0 saturated heterocycles. The molecule has 0 fully saturated rings. The molecule has 0 amide bonds. The van der Waals surface area contributed by atoms with Crippen LogP contribution in [0, 0.1) is 15.9 Å². The minimum absolute atomic E-state index is 0.000992. The van der Waals surface area contributed by atoms with E-state index in [1.165, 1.54) is 67.8 Å². The van der Waals surface area contributed by atoms with Crippen LogP contribution in [0.2, 0.25) is 10.0 Å². The van der Waals surface area contributed by atoms with E-state index in [2.05, 4.69) is 19.1 Å². The number of rotatable bonds is 20. The van der Waals surface area contributed by atoms with Crippen LogP contribution in [0.15, 0.2) is 233 Å². The molecule has 436 valence electrons.